The number of piperazine rings is 1. The molecule has 1 heterocycles. The Bertz CT molecular complexity index is 459. The Morgan fingerprint density at radius 3 is 2.04 bits per heavy atom. The highest BCUT2D eigenvalue weighted by molar-refractivity contribution is 9.10. The van der Waals surface area contributed by atoms with Gasteiger partial charge in [-0.15, -0.1) is 0 Å². The van der Waals surface area contributed by atoms with Gasteiger partial charge in [-0.1, -0.05) is 54.1 Å². The third kappa shape index (κ3) is 6.40. The molecular weight excluding hydrogens is 348 g/mol. The van der Waals surface area contributed by atoms with Crippen molar-refractivity contribution in [3.8, 4) is 0 Å². The fourth-order valence-electron chi connectivity index (χ4n) is 2.96. The molecule has 0 bridgehead atoms. The zero-order valence-electron chi connectivity index (χ0n) is 15.5. The number of rotatable bonds is 5. The van der Waals surface area contributed by atoms with Crippen LogP contribution in [0.15, 0.2) is 40.9 Å². The van der Waals surface area contributed by atoms with Gasteiger partial charge in [-0.05, 0) is 38.5 Å². The Morgan fingerprint density at radius 1 is 1.09 bits per heavy atom. The smallest absolute Gasteiger partial charge is 0.0175 e. The van der Waals surface area contributed by atoms with Crippen molar-refractivity contribution in [1.29, 1.82) is 0 Å². The SMILES string of the molecule is C=C(C)C(CN1CCN(C(C)C)CC1)c1ccc(Br)cc1.CC. The van der Waals surface area contributed by atoms with Crippen LogP contribution in [0.5, 0.6) is 0 Å². The van der Waals surface area contributed by atoms with E-state index in [1.807, 2.05) is 13.8 Å². The predicted molar refractivity (Wildman–Crippen MR) is 106 cm³/mol. The Morgan fingerprint density at radius 2 is 1.61 bits per heavy atom. The molecule has 1 atom stereocenters. The average molecular weight is 381 g/mol. The normalized spacial score (nSPS) is 17.5. The largest absolute Gasteiger partial charge is 0.300 e. The van der Waals surface area contributed by atoms with Gasteiger partial charge in [-0.2, -0.15) is 0 Å². The van der Waals surface area contributed by atoms with Gasteiger partial charge in [0, 0.05) is 49.2 Å². The van der Waals surface area contributed by atoms with Crippen molar-refractivity contribution >= 4 is 15.9 Å². The summed E-state index contributed by atoms with van der Waals surface area (Å²) in [5.74, 6) is 0.434. The lowest BCUT2D eigenvalue weighted by atomic mass is 9.92. The van der Waals surface area contributed by atoms with Crippen LogP contribution in [0.2, 0.25) is 0 Å². The molecule has 0 spiro atoms. The topological polar surface area (TPSA) is 6.48 Å². The zero-order chi connectivity index (χ0) is 17.4. The van der Waals surface area contributed by atoms with Crippen LogP contribution < -0.4 is 0 Å². The van der Waals surface area contributed by atoms with E-state index in [4.69, 9.17) is 0 Å². The first kappa shape index (κ1) is 20.4. The summed E-state index contributed by atoms with van der Waals surface area (Å²) in [6.07, 6.45) is 0. The average Bonchev–Trinajstić information content (AvgIpc) is 2.55. The van der Waals surface area contributed by atoms with Crippen molar-refractivity contribution in [2.75, 3.05) is 32.7 Å². The van der Waals surface area contributed by atoms with Crippen molar-refractivity contribution in [2.24, 2.45) is 0 Å². The Hall–Kier alpha value is -0.640. The quantitative estimate of drug-likeness (QED) is 0.650. The van der Waals surface area contributed by atoms with Gasteiger partial charge in [0.2, 0.25) is 0 Å². The van der Waals surface area contributed by atoms with Gasteiger partial charge < -0.3 is 0 Å². The molecule has 0 radical (unpaired) electrons. The molecule has 1 aliphatic heterocycles. The second-order valence-corrected chi connectivity index (χ2v) is 7.30. The molecule has 0 amide bonds. The van der Waals surface area contributed by atoms with Gasteiger partial charge in [-0.3, -0.25) is 9.80 Å². The van der Waals surface area contributed by atoms with Gasteiger partial charge in [0.25, 0.3) is 0 Å². The van der Waals surface area contributed by atoms with Crippen molar-refractivity contribution in [1.82, 2.24) is 9.80 Å². The molecular formula is C20H33BrN2. The van der Waals surface area contributed by atoms with Gasteiger partial charge in [-0.25, -0.2) is 0 Å². The van der Waals surface area contributed by atoms with E-state index in [1.165, 1.54) is 37.3 Å². The van der Waals surface area contributed by atoms with Crippen LogP contribution in [-0.4, -0.2) is 48.6 Å². The molecule has 0 aromatic heterocycles. The van der Waals surface area contributed by atoms with Crippen LogP contribution in [0.1, 0.15) is 46.1 Å². The minimum Gasteiger partial charge on any atom is -0.300 e. The molecule has 3 heteroatoms. The van der Waals surface area contributed by atoms with Crippen molar-refractivity contribution < 1.29 is 0 Å². The number of benzene rings is 1. The lowest BCUT2D eigenvalue weighted by Crippen LogP contribution is -2.49. The Balaban J connectivity index is 0.00000127. The lowest BCUT2D eigenvalue weighted by Gasteiger charge is -2.38. The highest BCUT2D eigenvalue weighted by Gasteiger charge is 2.22. The highest BCUT2D eigenvalue weighted by atomic mass is 79.9. The van der Waals surface area contributed by atoms with Crippen LogP contribution in [0.25, 0.3) is 0 Å². The number of hydrogen-bond acceptors (Lipinski definition) is 2. The molecule has 23 heavy (non-hydrogen) atoms. The maximum Gasteiger partial charge on any atom is 0.0175 e. The first-order valence-electron chi connectivity index (χ1n) is 8.84. The third-order valence-electron chi connectivity index (χ3n) is 4.45. The molecule has 2 rings (SSSR count). The Kier molecular flexibility index (Phi) is 9.11. The summed E-state index contributed by atoms with van der Waals surface area (Å²) >= 11 is 3.51. The van der Waals surface area contributed by atoms with E-state index in [9.17, 15) is 0 Å². The molecule has 130 valence electrons. The summed E-state index contributed by atoms with van der Waals surface area (Å²) < 4.78 is 1.14. The first-order valence-corrected chi connectivity index (χ1v) is 9.64. The fourth-order valence-corrected chi connectivity index (χ4v) is 3.23. The molecule has 1 unspecified atom stereocenters. The molecule has 0 aliphatic carbocycles. The zero-order valence-corrected chi connectivity index (χ0v) is 17.1. The minimum absolute atomic E-state index is 0.434. The van der Waals surface area contributed by atoms with Gasteiger partial charge in [0.15, 0.2) is 0 Å². The molecule has 1 aliphatic rings. The van der Waals surface area contributed by atoms with Gasteiger partial charge >= 0.3 is 0 Å². The molecule has 2 nitrogen and oxygen atoms in total. The van der Waals surface area contributed by atoms with E-state index in [-0.39, 0.29) is 0 Å². The molecule has 1 fully saturated rings. The molecule has 1 aromatic carbocycles. The van der Waals surface area contributed by atoms with Crippen molar-refractivity contribution in [2.45, 2.75) is 46.6 Å². The number of nitrogens with zero attached hydrogens (tertiary/aromatic N) is 2. The third-order valence-corrected chi connectivity index (χ3v) is 4.97. The number of hydrogen-bond donors (Lipinski definition) is 0. The maximum atomic E-state index is 4.21. The summed E-state index contributed by atoms with van der Waals surface area (Å²) in [5.41, 5.74) is 2.63. The second-order valence-electron chi connectivity index (χ2n) is 6.38. The molecule has 1 aromatic rings. The monoisotopic (exact) mass is 380 g/mol. The molecule has 0 N–H and O–H groups in total. The van der Waals surface area contributed by atoms with E-state index < -0.39 is 0 Å². The summed E-state index contributed by atoms with van der Waals surface area (Å²) in [5, 5.41) is 0. The van der Waals surface area contributed by atoms with Crippen LogP contribution >= 0.6 is 15.9 Å². The summed E-state index contributed by atoms with van der Waals surface area (Å²) in [4.78, 5) is 5.15. The maximum absolute atomic E-state index is 4.21. The van der Waals surface area contributed by atoms with Crippen LogP contribution in [-0.2, 0) is 0 Å². The fraction of sp³-hybridized carbons (Fsp3) is 0.600. The van der Waals surface area contributed by atoms with E-state index >= 15 is 0 Å². The standard InChI is InChI=1S/C18H27BrN2.C2H6/c1-14(2)18(16-5-7-17(19)8-6-16)13-20-9-11-21(12-10-20)15(3)4;1-2/h5-8,15,18H,1,9-13H2,2-4H3;1-2H3. The van der Waals surface area contributed by atoms with E-state index in [1.54, 1.807) is 0 Å². The second kappa shape index (κ2) is 10.3. The summed E-state index contributed by atoms with van der Waals surface area (Å²) in [6, 6.07) is 9.35. The molecule has 0 saturated carbocycles. The van der Waals surface area contributed by atoms with Crippen molar-refractivity contribution in [3.63, 3.8) is 0 Å². The highest BCUT2D eigenvalue weighted by Crippen LogP contribution is 2.26. The first-order chi connectivity index (χ1) is 11.0. The Labute approximate surface area is 151 Å². The van der Waals surface area contributed by atoms with E-state index in [0.29, 0.717) is 12.0 Å². The van der Waals surface area contributed by atoms with E-state index in [2.05, 4.69) is 77.3 Å². The molecule has 1 saturated heterocycles. The predicted octanol–water partition coefficient (Wildman–Crippen LogP) is 5.16. The van der Waals surface area contributed by atoms with Crippen LogP contribution in [0.4, 0.5) is 0 Å². The minimum atomic E-state index is 0.434. The summed E-state index contributed by atoms with van der Waals surface area (Å²) in [7, 11) is 0. The van der Waals surface area contributed by atoms with Gasteiger partial charge in [0.1, 0.15) is 0 Å². The lowest BCUT2D eigenvalue weighted by molar-refractivity contribution is 0.106. The number of halogens is 1. The van der Waals surface area contributed by atoms with Gasteiger partial charge in [0.05, 0.1) is 0 Å². The summed E-state index contributed by atoms with van der Waals surface area (Å²) in [6.45, 7) is 20.7. The van der Waals surface area contributed by atoms with Crippen molar-refractivity contribution in [3.05, 3.63) is 46.5 Å². The van der Waals surface area contributed by atoms with E-state index in [0.717, 1.165) is 11.0 Å². The van der Waals surface area contributed by atoms with Crippen LogP contribution in [0.3, 0.4) is 0 Å². The van der Waals surface area contributed by atoms with Crippen LogP contribution in [0, 0.1) is 0 Å².